The molecule has 0 unspecified atom stereocenters. The highest BCUT2D eigenvalue weighted by Gasteiger charge is 2.29. The number of hydrogen-bond acceptors (Lipinski definition) is 27. The zero-order chi connectivity index (χ0) is 56.2. The normalized spacial score (nSPS) is 13.4. The highest BCUT2D eigenvalue weighted by molar-refractivity contribution is 7.92. The van der Waals surface area contributed by atoms with Crippen LogP contribution in [0.3, 0.4) is 0 Å². The van der Waals surface area contributed by atoms with Crippen LogP contribution in [0.25, 0.3) is 21.5 Å². The summed E-state index contributed by atoms with van der Waals surface area (Å²) in [6.45, 7) is -1.22. The highest BCUT2D eigenvalue weighted by atomic mass is 35.5. The molecule has 0 atom stereocenters. The summed E-state index contributed by atoms with van der Waals surface area (Å²) in [5, 5.41) is 31.5. The lowest BCUT2D eigenvalue weighted by atomic mass is 10.1. The predicted molar refractivity (Wildman–Crippen MR) is 252 cm³/mol. The number of azo groups is 1. The Morgan fingerprint density at radius 2 is 1.15 bits per heavy atom. The largest absolute Gasteiger partial charge is 0.505 e. The SMILES string of the molecule is O=S(=O)(COS(=O)(=O)O)Cc1ccc2c(S(=O)(=O)O)c(/N=N/c3c(S(=O)(=O)O)cc4cc(S(=O)(=O)O)cc(Nc5nc(Cl)nc(Nc6cc(S(=O)(=O)CCOS(=O)(=O)O)cc(S(=O)(=O)O)c6O)n5)c4c3O)ccc2c1. The van der Waals surface area contributed by atoms with Crippen molar-refractivity contribution in [2.45, 2.75) is 30.2 Å². The third kappa shape index (κ3) is 14.5. The van der Waals surface area contributed by atoms with E-state index in [-0.39, 0.29) is 17.0 Å². The van der Waals surface area contributed by atoms with Crippen LogP contribution in [0.5, 0.6) is 11.5 Å². The molecular formula is C33H28ClN7O26S8. The predicted octanol–water partition coefficient (Wildman–Crippen LogP) is 2.42. The van der Waals surface area contributed by atoms with E-state index < -0.39 is 197 Å². The van der Waals surface area contributed by atoms with E-state index in [0.717, 1.165) is 30.3 Å². The van der Waals surface area contributed by atoms with Gasteiger partial charge < -0.3 is 20.8 Å². The second-order valence-corrected chi connectivity index (χ2v) is 26.9. The second-order valence-electron chi connectivity index (χ2n) is 14.6. The molecule has 406 valence electrons. The first-order valence-corrected chi connectivity index (χ1v) is 31.2. The first-order valence-electron chi connectivity index (χ1n) is 18.8. The van der Waals surface area contributed by atoms with Gasteiger partial charge in [0, 0.05) is 10.8 Å². The van der Waals surface area contributed by atoms with Crippen molar-refractivity contribution >= 4 is 149 Å². The topological polar surface area (TPSA) is 541 Å². The van der Waals surface area contributed by atoms with Gasteiger partial charge in [0.05, 0.1) is 39.3 Å². The van der Waals surface area contributed by atoms with Gasteiger partial charge in [-0.25, -0.2) is 25.2 Å². The van der Waals surface area contributed by atoms with E-state index in [1.807, 2.05) is 0 Å². The van der Waals surface area contributed by atoms with Gasteiger partial charge in [-0.3, -0.25) is 27.3 Å². The average Bonchev–Trinajstić information content (AvgIpc) is 3.23. The molecule has 0 aliphatic heterocycles. The molecule has 1 heterocycles. The monoisotopic (exact) mass is 1230 g/mol. The summed E-state index contributed by atoms with van der Waals surface area (Å²) in [7, 11) is -41.3. The smallest absolute Gasteiger partial charge is 0.398 e. The molecule has 0 saturated carbocycles. The second kappa shape index (κ2) is 20.5. The summed E-state index contributed by atoms with van der Waals surface area (Å²) in [4.78, 5) is 5.26. The maximum Gasteiger partial charge on any atom is 0.398 e. The van der Waals surface area contributed by atoms with Crippen molar-refractivity contribution in [3.63, 3.8) is 0 Å². The molecule has 75 heavy (non-hydrogen) atoms. The van der Waals surface area contributed by atoms with Gasteiger partial charge in [-0.2, -0.15) is 65.5 Å². The fourth-order valence-electron chi connectivity index (χ4n) is 6.44. The van der Waals surface area contributed by atoms with Crippen LogP contribution >= 0.6 is 11.6 Å². The summed E-state index contributed by atoms with van der Waals surface area (Å²) >= 11 is 6.07. The van der Waals surface area contributed by atoms with Crippen LogP contribution in [0.1, 0.15) is 5.56 Å². The molecule has 0 bridgehead atoms. The van der Waals surface area contributed by atoms with E-state index in [1.165, 1.54) is 0 Å². The Kier molecular flexibility index (Phi) is 15.9. The van der Waals surface area contributed by atoms with E-state index in [9.17, 15) is 95.8 Å². The molecule has 0 spiro atoms. The van der Waals surface area contributed by atoms with Crippen LogP contribution in [0.15, 0.2) is 95.4 Å². The van der Waals surface area contributed by atoms with Crippen LogP contribution in [0.2, 0.25) is 5.28 Å². The lowest BCUT2D eigenvalue weighted by molar-refractivity contribution is 0.283. The lowest BCUT2D eigenvalue weighted by Gasteiger charge is -2.16. The zero-order valence-electron chi connectivity index (χ0n) is 35.9. The van der Waals surface area contributed by atoms with Gasteiger partial charge in [0.1, 0.15) is 26.1 Å². The van der Waals surface area contributed by atoms with Crippen LogP contribution in [-0.2, 0) is 95.1 Å². The van der Waals surface area contributed by atoms with Crippen molar-refractivity contribution in [1.29, 1.82) is 0 Å². The number of phenols is 2. The number of sulfone groups is 2. The van der Waals surface area contributed by atoms with Crippen LogP contribution in [-0.4, -0.2) is 138 Å². The Morgan fingerprint density at radius 3 is 1.71 bits per heavy atom. The van der Waals surface area contributed by atoms with Gasteiger partial charge in [-0.15, -0.1) is 10.2 Å². The van der Waals surface area contributed by atoms with Crippen molar-refractivity contribution < 1.29 is 113 Å². The number of aromatic nitrogens is 3. The minimum Gasteiger partial charge on any atom is -0.505 e. The van der Waals surface area contributed by atoms with E-state index in [0.29, 0.717) is 24.3 Å². The third-order valence-electron chi connectivity index (χ3n) is 9.36. The molecule has 0 fully saturated rings. The molecule has 0 aliphatic rings. The average molecular weight is 1230 g/mol. The molecule has 1 aromatic heterocycles. The highest BCUT2D eigenvalue weighted by Crippen LogP contribution is 2.46. The van der Waals surface area contributed by atoms with Crippen molar-refractivity contribution in [3.8, 4) is 11.5 Å². The molecule has 0 radical (unpaired) electrons. The Bertz CT molecular complexity index is 4380. The van der Waals surface area contributed by atoms with Crippen molar-refractivity contribution in [1.82, 2.24) is 15.0 Å². The number of fused-ring (bicyclic) bond motifs is 2. The Labute approximate surface area is 426 Å². The lowest BCUT2D eigenvalue weighted by Crippen LogP contribution is -2.16. The van der Waals surface area contributed by atoms with E-state index in [2.05, 4.69) is 44.2 Å². The number of halogens is 1. The minimum absolute atomic E-state index is 0.109. The van der Waals surface area contributed by atoms with Crippen LogP contribution in [0, 0.1) is 0 Å². The number of hydrogen-bond donors (Lipinski definition) is 10. The first kappa shape index (κ1) is 58.3. The summed E-state index contributed by atoms with van der Waals surface area (Å²) in [5.41, 5.74) is -3.86. The summed E-state index contributed by atoms with van der Waals surface area (Å²) in [6, 6.07) is 7.30. The number of phenolic OH excluding ortho intramolecular Hbond substituents is 2. The summed E-state index contributed by atoms with van der Waals surface area (Å²) < 4.78 is 261. The van der Waals surface area contributed by atoms with Crippen molar-refractivity contribution in [2.75, 3.05) is 28.9 Å². The molecule has 6 aromatic rings. The molecule has 33 nitrogen and oxygen atoms in total. The fraction of sp³-hybridized carbons (Fsp3) is 0.121. The minimum atomic E-state index is -5.59. The van der Waals surface area contributed by atoms with Crippen LogP contribution < -0.4 is 10.6 Å². The molecule has 5 aromatic carbocycles. The number of aromatic hydroxyl groups is 2. The van der Waals surface area contributed by atoms with Gasteiger partial charge in [0.15, 0.2) is 37.1 Å². The Hall–Kier alpha value is -6.00. The van der Waals surface area contributed by atoms with E-state index in [1.54, 1.807) is 0 Å². The quantitative estimate of drug-likeness (QED) is 0.0298. The molecule has 42 heteroatoms. The number of anilines is 4. The number of nitrogens with zero attached hydrogens (tertiary/aromatic N) is 5. The Morgan fingerprint density at radius 1 is 0.560 bits per heavy atom. The van der Waals surface area contributed by atoms with Gasteiger partial charge in [-0.1, -0.05) is 24.3 Å². The van der Waals surface area contributed by atoms with Gasteiger partial charge in [0.2, 0.25) is 17.2 Å². The van der Waals surface area contributed by atoms with Crippen molar-refractivity contribution in [3.05, 3.63) is 71.5 Å². The van der Waals surface area contributed by atoms with Crippen molar-refractivity contribution in [2.24, 2.45) is 10.2 Å². The standard InChI is InChI=1S/C33H28ClN7O26S8/c34-31-37-32(39-33(38-31)36-23-10-18(12-25(28(23)42)72(54,55)56)69(46,47)6-5-66-74(60,61)62)35-22-11-19(70(48,49)50)8-17-9-24(71(51,52)53)27(29(43)26(17)22)41-40-21-4-2-16-7-15(1-3-20(16)30(21)73(57,58)59)13-68(44,45)14-67-75(63,64)65/h1-4,7-12,42-43H,5-6,13-14H2,(H,48,49,50)(H,51,52,53)(H,54,55,56)(H,57,58,59)(H,60,61,62)(H,63,64,65)(H2,35,36,37,38,39)/b41-40+. The first-order chi connectivity index (χ1) is 34.1. The molecule has 0 amide bonds. The number of rotatable bonds is 20. The van der Waals surface area contributed by atoms with E-state index in [4.69, 9.17) is 20.7 Å². The maximum absolute atomic E-state index is 13.0. The molecule has 0 saturated heterocycles. The van der Waals surface area contributed by atoms with Gasteiger partial charge in [0.25, 0.3) is 40.5 Å². The zero-order valence-corrected chi connectivity index (χ0v) is 43.2. The van der Waals surface area contributed by atoms with Gasteiger partial charge >= 0.3 is 20.8 Å². The molecular weight excluding hydrogens is 1200 g/mol. The number of benzene rings is 5. The fourth-order valence-corrected chi connectivity index (χ4v) is 12.7. The van der Waals surface area contributed by atoms with Crippen LogP contribution in [0.4, 0.5) is 34.6 Å². The number of nitrogens with one attached hydrogen (secondary N) is 2. The summed E-state index contributed by atoms with van der Waals surface area (Å²) in [6.07, 6.45) is 0. The Balaban J connectivity index is 1.48. The molecule has 10 N–H and O–H groups in total. The molecule has 6 rings (SSSR count). The van der Waals surface area contributed by atoms with Gasteiger partial charge in [-0.05, 0) is 64.3 Å². The third-order valence-corrected chi connectivity index (χ3v) is 17.0. The maximum atomic E-state index is 13.0. The van der Waals surface area contributed by atoms with E-state index >= 15 is 0 Å². The molecule has 0 aliphatic carbocycles. The summed E-state index contributed by atoms with van der Waals surface area (Å²) in [5.74, 6) is -8.14.